The fourth-order valence-electron chi connectivity index (χ4n) is 3.48. The minimum Gasteiger partial charge on any atom is -0.408 e. The van der Waals surface area contributed by atoms with Crippen molar-refractivity contribution in [1.82, 2.24) is 14.8 Å². The van der Waals surface area contributed by atoms with E-state index in [1.807, 2.05) is 0 Å². The van der Waals surface area contributed by atoms with E-state index in [1.165, 1.54) is 35.2 Å². The molecule has 1 fully saturated rings. The molecule has 136 valence electrons. The Hall–Kier alpha value is -2.48. The Balaban J connectivity index is 1.52. The maximum atomic E-state index is 12.6. The van der Waals surface area contributed by atoms with E-state index < -0.39 is 11.8 Å². The molecule has 26 heavy (non-hydrogen) atoms. The zero-order valence-corrected chi connectivity index (χ0v) is 15.3. The van der Waals surface area contributed by atoms with Crippen molar-refractivity contribution in [2.75, 3.05) is 5.32 Å². The first-order valence-corrected chi connectivity index (χ1v) is 9.69. The number of carbonyl (C=O) groups is 1. The third-order valence-electron chi connectivity index (χ3n) is 4.91. The molecule has 1 saturated carbocycles. The number of hydrogen-bond donors (Lipinski definition) is 1. The van der Waals surface area contributed by atoms with Crippen LogP contribution in [0.15, 0.2) is 33.5 Å². The van der Waals surface area contributed by atoms with Crippen molar-refractivity contribution in [1.29, 1.82) is 0 Å². The molecule has 1 N–H and O–H groups in total. The highest BCUT2D eigenvalue weighted by atomic mass is 32.1. The van der Waals surface area contributed by atoms with Gasteiger partial charge in [-0.2, -0.15) is 0 Å². The van der Waals surface area contributed by atoms with Gasteiger partial charge >= 0.3 is 5.76 Å². The van der Waals surface area contributed by atoms with Crippen molar-refractivity contribution in [2.45, 2.75) is 51.0 Å². The topological polar surface area (TPSA) is 90.0 Å². The lowest BCUT2D eigenvalue weighted by Crippen LogP contribution is -2.29. The smallest absolute Gasteiger partial charge is 0.408 e. The lowest BCUT2D eigenvalue weighted by molar-refractivity contribution is -0.118. The number of oxazole rings is 1. The van der Waals surface area contributed by atoms with Gasteiger partial charge in [-0.15, -0.1) is 10.2 Å². The van der Waals surface area contributed by atoms with Crippen LogP contribution in [0.5, 0.6) is 0 Å². The minimum atomic E-state index is -0.715. The molecule has 1 aliphatic rings. The normalized spacial score (nSPS) is 16.7. The number of nitrogens with zero attached hydrogens (tertiary/aromatic N) is 3. The second-order valence-electron chi connectivity index (χ2n) is 6.65. The standard InChI is InChI=1S/C18H20N4O3S/c1-11(22-13-9-5-6-10-14(13)25-18(22)24)15(23)19-17-21-20-16(26-17)12-7-3-2-4-8-12/h5-6,9-12H,2-4,7-8H2,1H3,(H,19,21,23)/t11-/m0/s1. The van der Waals surface area contributed by atoms with Crippen molar-refractivity contribution in [3.63, 3.8) is 0 Å². The zero-order chi connectivity index (χ0) is 18.1. The molecular formula is C18H20N4O3S. The predicted molar refractivity (Wildman–Crippen MR) is 99.5 cm³/mol. The SMILES string of the molecule is C[C@@H](C(=O)Nc1nnc(C2CCCCC2)s1)n1c(=O)oc2ccccc21. The van der Waals surface area contributed by atoms with Gasteiger partial charge in [0.15, 0.2) is 5.58 Å². The van der Waals surface area contributed by atoms with Crippen molar-refractivity contribution in [3.05, 3.63) is 39.8 Å². The van der Waals surface area contributed by atoms with E-state index in [0.717, 1.165) is 17.8 Å². The average Bonchev–Trinajstić information content (AvgIpc) is 3.25. The second kappa shape index (κ2) is 7.03. The van der Waals surface area contributed by atoms with Gasteiger partial charge in [0.2, 0.25) is 11.0 Å². The molecule has 4 rings (SSSR count). The second-order valence-corrected chi connectivity index (χ2v) is 7.66. The van der Waals surface area contributed by atoms with Gasteiger partial charge in [-0.05, 0) is 31.9 Å². The predicted octanol–water partition coefficient (Wildman–Crippen LogP) is 3.69. The maximum absolute atomic E-state index is 12.6. The zero-order valence-electron chi connectivity index (χ0n) is 14.5. The number of hydrogen-bond acceptors (Lipinski definition) is 6. The molecule has 8 heteroatoms. The molecule has 1 atom stereocenters. The number of carbonyl (C=O) groups excluding carboxylic acids is 1. The van der Waals surface area contributed by atoms with E-state index in [4.69, 9.17) is 4.42 Å². The summed E-state index contributed by atoms with van der Waals surface area (Å²) in [5.41, 5.74) is 1.06. The number of amides is 1. The Bertz CT molecular complexity index is 984. The average molecular weight is 372 g/mol. The lowest BCUT2D eigenvalue weighted by Gasteiger charge is -2.18. The molecule has 0 saturated heterocycles. The Labute approximate surface area is 154 Å². The molecule has 1 amide bonds. The Morgan fingerprint density at radius 1 is 1.27 bits per heavy atom. The summed E-state index contributed by atoms with van der Waals surface area (Å²) in [6.07, 6.45) is 5.99. The van der Waals surface area contributed by atoms with E-state index in [-0.39, 0.29) is 5.91 Å². The highest BCUT2D eigenvalue weighted by molar-refractivity contribution is 7.15. The molecule has 3 aromatic rings. The summed E-state index contributed by atoms with van der Waals surface area (Å²) in [7, 11) is 0. The molecule has 0 spiro atoms. The highest BCUT2D eigenvalue weighted by Crippen LogP contribution is 2.35. The van der Waals surface area contributed by atoms with Crippen molar-refractivity contribution >= 4 is 33.5 Å². The van der Waals surface area contributed by atoms with Gasteiger partial charge in [0.25, 0.3) is 0 Å². The molecule has 0 unspecified atom stereocenters. The van der Waals surface area contributed by atoms with Crippen LogP contribution < -0.4 is 11.1 Å². The largest absolute Gasteiger partial charge is 0.420 e. The van der Waals surface area contributed by atoms with Gasteiger partial charge in [-0.25, -0.2) is 4.79 Å². The first-order chi connectivity index (χ1) is 12.6. The van der Waals surface area contributed by atoms with Crippen molar-refractivity contribution < 1.29 is 9.21 Å². The first kappa shape index (κ1) is 17.0. The van der Waals surface area contributed by atoms with Gasteiger partial charge in [-0.1, -0.05) is 42.7 Å². The van der Waals surface area contributed by atoms with E-state index >= 15 is 0 Å². The third kappa shape index (κ3) is 3.16. The van der Waals surface area contributed by atoms with E-state index in [0.29, 0.717) is 22.1 Å². The number of fused-ring (bicyclic) bond motifs is 1. The highest BCUT2D eigenvalue weighted by Gasteiger charge is 2.24. The summed E-state index contributed by atoms with van der Waals surface area (Å²) in [5.74, 6) is -0.413. The maximum Gasteiger partial charge on any atom is 0.420 e. The summed E-state index contributed by atoms with van der Waals surface area (Å²) in [6.45, 7) is 1.67. The summed E-state index contributed by atoms with van der Waals surface area (Å²) in [6, 6.07) is 6.34. The number of aromatic nitrogens is 3. The molecule has 0 radical (unpaired) electrons. The van der Waals surface area contributed by atoms with Gasteiger partial charge < -0.3 is 4.42 Å². The van der Waals surface area contributed by atoms with Crippen molar-refractivity contribution in [2.24, 2.45) is 0 Å². The summed E-state index contributed by atoms with van der Waals surface area (Å²) >= 11 is 1.43. The number of rotatable bonds is 4. The fraction of sp³-hybridized carbons (Fsp3) is 0.444. The Morgan fingerprint density at radius 2 is 2.04 bits per heavy atom. The molecule has 2 heterocycles. The van der Waals surface area contributed by atoms with Crippen LogP contribution in [0.25, 0.3) is 11.1 Å². The van der Waals surface area contributed by atoms with Crippen LogP contribution in [0.1, 0.15) is 56.0 Å². The molecule has 0 aliphatic heterocycles. The lowest BCUT2D eigenvalue weighted by atomic mass is 9.90. The molecule has 2 aromatic heterocycles. The van der Waals surface area contributed by atoms with Crippen LogP contribution in [0.4, 0.5) is 5.13 Å². The van der Waals surface area contributed by atoms with E-state index in [2.05, 4.69) is 15.5 Å². The van der Waals surface area contributed by atoms with Crippen LogP contribution in [0.2, 0.25) is 0 Å². The van der Waals surface area contributed by atoms with Gasteiger partial charge in [0, 0.05) is 5.92 Å². The Kier molecular flexibility index (Phi) is 4.58. The monoisotopic (exact) mass is 372 g/mol. The van der Waals surface area contributed by atoms with Crippen molar-refractivity contribution in [3.8, 4) is 0 Å². The van der Waals surface area contributed by atoms with Gasteiger partial charge in [0.1, 0.15) is 11.0 Å². The van der Waals surface area contributed by atoms with Gasteiger partial charge in [-0.3, -0.25) is 14.7 Å². The third-order valence-corrected chi connectivity index (χ3v) is 5.91. The van der Waals surface area contributed by atoms with Crippen LogP contribution in [-0.2, 0) is 4.79 Å². The molecule has 1 aromatic carbocycles. The quantitative estimate of drug-likeness (QED) is 0.754. The van der Waals surface area contributed by atoms with Gasteiger partial charge in [0.05, 0.1) is 5.52 Å². The molecule has 1 aliphatic carbocycles. The van der Waals surface area contributed by atoms with Crippen LogP contribution in [-0.4, -0.2) is 20.7 Å². The minimum absolute atomic E-state index is 0.315. The summed E-state index contributed by atoms with van der Waals surface area (Å²) in [5, 5.41) is 12.6. The molecule has 0 bridgehead atoms. The first-order valence-electron chi connectivity index (χ1n) is 8.88. The summed E-state index contributed by atoms with van der Waals surface area (Å²) in [4.78, 5) is 24.8. The number of nitrogens with one attached hydrogen (secondary N) is 1. The fourth-order valence-corrected chi connectivity index (χ4v) is 4.39. The molecule has 7 nitrogen and oxygen atoms in total. The summed E-state index contributed by atoms with van der Waals surface area (Å²) < 4.78 is 6.56. The Morgan fingerprint density at radius 3 is 2.85 bits per heavy atom. The van der Waals surface area contributed by atoms with Crippen LogP contribution in [0, 0.1) is 0 Å². The van der Waals surface area contributed by atoms with E-state index in [1.54, 1.807) is 31.2 Å². The van der Waals surface area contributed by atoms with Crippen LogP contribution in [0.3, 0.4) is 0 Å². The molecular weight excluding hydrogens is 352 g/mol. The van der Waals surface area contributed by atoms with E-state index in [9.17, 15) is 9.59 Å². The number of anilines is 1. The number of benzene rings is 1. The van der Waals surface area contributed by atoms with Crippen LogP contribution >= 0.6 is 11.3 Å². The number of para-hydroxylation sites is 2.